The van der Waals surface area contributed by atoms with Crippen molar-refractivity contribution in [3.63, 3.8) is 0 Å². The van der Waals surface area contributed by atoms with Gasteiger partial charge < -0.3 is 20.4 Å². The maximum absolute atomic E-state index is 11.5. The summed E-state index contributed by atoms with van der Waals surface area (Å²) in [6.45, 7) is 3.50. The van der Waals surface area contributed by atoms with E-state index < -0.39 is 12.0 Å². The van der Waals surface area contributed by atoms with Gasteiger partial charge in [-0.2, -0.15) is 0 Å². The van der Waals surface area contributed by atoms with E-state index in [2.05, 4.69) is 33.1 Å². The fraction of sp³-hybridized carbons (Fsp3) is 0.500. The third kappa shape index (κ3) is 2.21. The predicted octanol–water partition coefficient (Wildman–Crippen LogP) is 1.64. The van der Waals surface area contributed by atoms with E-state index in [1.165, 1.54) is 0 Å². The van der Waals surface area contributed by atoms with Crippen LogP contribution >= 0.6 is 15.9 Å². The maximum atomic E-state index is 11.5. The number of carbonyl (C=O) groups excluding carboxylic acids is 1. The molecule has 0 saturated carbocycles. The van der Waals surface area contributed by atoms with Gasteiger partial charge in [0.1, 0.15) is 0 Å². The van der Waals surface area contributed by atoms with Gasteiger partial charge in [0.2, 0.25) is 0 Å². The van der Waals surface area contributed by atoms with Gasteiger partial charge in [-0.3, -0.25) is 4.79 Å². The molecule has 0 bridgehead atoms. The molecule has 0 spiro atoms. The van der Waals surface area contributed by atoms with E-state index in [0.717, 1.165) is 23.1 Å². The van der Waals surface area contributed by atoms with Crippen molar-refractivity contribution in [2.75, 3.05) is 23.3 Å². The van der Waals surface area contributed by atoms with Crippen LogP contribution in [-0.2, 0) is 4.79 Å². The number of amides is 1. The Bertz CT molecular complexity index is 564. The molecule has 0 radical (unpaired) electrons. The average molecular weight is 341 g/mol. The number of carbonyl (C=O) groups is 1. The van der Waals surface area contributed by atoms with Crippen molar-refractivity contribution in [1.82, 2.24) is 0 Å². The highest BCUT2D eigenvalue weighted by molar-refractivity contribution is 9.10. The van der Waals surface area contributed by atoms with Gasteiger partial charge in [0.15, 0.2) is 6.10 Å². The fourth-order valence-corrected chi connectivity index (χ4v) is 3.38. The molecule has 1 aromatic rings. The molecule has 3 unspecified atom stereocenters. The molecule has 1 amide bonds. The molecule has 20 heavy (non-hydrogen) atoms. The van der Waals surface area contributed by atoms with Crippen LogP contribution in [-0.4, -0.2) is 35.3 Å². The van der Waals surface area contributed by atoms with Crippen molar-refractivity contribution in [1.29, 1.82) is 0 Å². The summed E-state index contributed by atoms with van der Waals surface area (Å²) in [5, 5.41) is 22.5. The van der Waals surface area contributed by atoms with E-state index >= 15 is 0 Å². The number of halogens is 1. The van der Waals surface area contributed by atoms with Crippen molar-refractivity contribution in [2.45, 2.75) is 25.6 Å². The zero-order valence-electron chi connectivity index (χ0n) is 11.1. The Morgan fingerprint density at radius 2 is 2.15 bits per heavy atom. The lowest BCUT2D eigenvalue weighted by Gasteiger charge is -2.36. The monoisotopic (exact) mass is 340 g/mol. The Morgan fingerprint density at radius 3 is 2.85 bits per heavy atom. The number of rotatable bonds is 1. The molecule has 3 N–H and O–H groups in total. The van der Waals surface area contributed by atoms with Crippen molar-refractivity contribution in [3.8, 4) is 0 Å². The molecular formula is C14H17BrN2O3. The number of hydrogen-bond donors (Lipinski definition) is 3. The molecule has 1 aromatic carbocycles. The summed E-state index contributed by atoms with van der Waals surface area (Å²) in [6.07, 6.45) is -0.508. The van der Waals surface area contributed by atoms with Crippen LogP contribution in [0.15, 0.2) is 16.6 Å². The van der Waals surface area contributed by atoms with Gasteiger partial charge in [0.05, 0.1) is 11.8 Å². The van der Waals surface area contributed by atoms with Crippen LogP contribution in [0.1, 0.15) is 25.0 Å². The normalized spacial score (nSPS) is 29.3. The van der Waals surface area contributed by atoms with Crippen LogP contribution in [0.5, 0.6) is 0 Å². The van der Waals surface area contributed by atoms with Crippen LogP contribution in [0.4, 0.5) is 11.4 Å². The zero-order chi connectivity index (χ0) is 14.4. The summed E-state index contributed by atoms with van der Waals surface area (Å²) in [7, 11) is 0. The zero-order valence-corrected chi connectivity index (χ0v) is 12.7. The first kappa shape index (κ1) is 13.9. The van der Waals surface area contributed by atoms with E-state index in [1.807, 2.05) is 6.07 Å². The van der Waals surface area contributed by atoms with E-state index in [1.54, 1.807) is 6.07 Å². The first-order valence-electron chi connectivity index (χ1n) is 6.72. The van der Waals surface area contributed by atoms with Gasteiger partial charge in [-0.1, -0.05) is 6.92 Å². The van der Waals surface area contributed by atoms with E-state index in [4.69, 9.17) is 0 Å². The summed E-state index contributed by atoms with van der Waals surface area (Å²) in [5.74, 6) is -0.0858. The van der Waals surface area contributed by atoms with Crippen molar-refractivity contribution in [3.05, 3.63) is 22.2 Å². The van der Waals surface area contributed by atoms with Gasteiger partial charge in [-0.05, 0) is 40.4 Å². The highest BCUT2D eigenvalue weighted by Crippen LogP contribution is 2.39. The number of nitrogens with one attached hydrogen (secondary N) is 1. The first-order chi connectivity index (χ1) is 9.47. The smallest absolute Gasteiger partial charge is 0.257 e. The number of nitrogens with zero attached hydrogens (tertiary/aromatic N) is 1. The highest BCUT2D eigenvalue weighted by Gasteiger charge is 2.31. The molecule has 0 aromatic heterocycles. The third-order valence-electron chi connectivity index (χ3n) is 4.18. The lowest BCUT2D eigenvalue weighted by atomic mass is 9.95. The fourth-order valence-electron chi connectivity index (χ4n) is 2.76. The third-order valence-corrected chi connectivity index (χ3v) is 4.81. The van der Waals surface area contributed by atoms with Gasteiger partial charge in [-0.15, -0.1) is 0 Å². The Balaban J connectivity index is 1.92. The van der Waals surface area contributed by atoms with Crippen LogP contribution in [0.25, 0.3) is 0 Å². The van der Waals surface area contributed by atoms with Crippen LogP contribution in [0, 0.1) is 5.92 Å². The number of fused-ring (bicyclic) bond motifs is 1. The second-order valence-corrected chi connectivity index (χ2v) is 6.42. The second kappa shape index (κ2) is 5.02. The van der Waals surface area contributed by atoms with Crippen LogP contribution in [0.3, 0.4) is 0 Å². The summed E-state index contributed by atoms with van der Waals surface area (Å²) in [4.78, 5) is 13.6. The minimum atomic E-state index is -1.10. The van der Waals surface area contributed by atoms with E-state index in [0.29, 0.717) is 23.7 Å². The lowest BCUT2D eigenvalue weighted by Crippen LogP contribution is -2.43. The topological polar surface area (TPSA) is 72.8 Å². The first-order valence-corrected chi connectivity index (χ1v) is 7.52. The number of aliphatic hydroxyl groups excluding tert-OH is 2. The van der Waals surface area contributed by atoms with E-state index in [-0.39, 0.29) is 6.10 Å². The minimum absolute atomic E-state index is 0.306. The van der Waals surface area contributed by atoms with Crippen molar-refractivity contribution < 1.29 is 15.0 Å². The summed E-state index contributed by atoms with van der Waals surface area (Å²) >= 11 is 3.49. The SMILES string of the molecule is CC1CCN(c2cc3c(cc2Br)C(O)C(=O)N3)CC1O. The maximum Gasteiger partial charge on any atom is 0.257 e. The number of piperidine rings is 1. The van der Waals surface area contributed by atoms with Gasteiger partial charge in [0, 0.05) is 28.8 Å². The quantitative estimate of drug-likeness (QED) is 0.726. The highest BCUT2D eigenvalue weighted by atomic mass is 79.9. The summed E-state index contributed by atoms with van der Waals surface area (Å²) in [5.41, 5.74) is 2.18. The molecule has 6 heteroatoms. The Hall–Kier alpha value is -1.11. The molecule has 2 aliphatic heterocycles. The van der Waals surface area contributed by atoms with Gasteiger partial charge in [-0.25, -0.2) is 0 Å². The Labute approximate surface area is 125 Å². The standard InChI is InChI=1S/C14H17BrN2O3/c1-7-2-3-17(6-12(7)18)11-5-10-8(4-9(11)15)13(19)14(20)16-10/h4-5,7,12-13,18-19H,2-3,6H2,1H3,(H,16,20). The van der Waals surface area contributed by atoms with Gasteiger partial charge in [0.25, 0.3) is 5.91 Å². The van der Waals surface area contributed by atoms with E-state index in [9.17, 15) is 15.0 Å². The molecule has 108 valence electrons. The Morgan fingerprint density at radius 1 is 1.40 bits per heavy atom. The van der Waals surface area contributed by atoms with Gasteiger partial charge >= 0.3 is 0 Å². The minimum Gasteiger partial charge on any atom is -0.391 e. The molecule has 1 saturated heterocycles. The number of benzene rings is 1. The molecular weight excluding hydrogens is 324 g/mol. The molecule has 3 rings (SSSR count). The van der Waals surface area contributed by atoms with Crippen LogP contribution < -0.4 is 10.2 Å². The second-order valence-electron chi connectivity index (χ2n) is 5.56. The number of aliphatic hydroxyl groups is 2. The van der Waals surface area contributed by atoms with Crippen LogP contribution in [0.2, 0.25) is 0 Å². The molecule has 1 fully saturated rings. The Kier molecular flexibility index (Phi) is 3.48. The number of hydrogen-bond acceptors (Lipinski definition) is 4. The summed E-state index contributed by atoms with van der Waals surface area (Å²) in [6, 6.07) is 3.63. The molecule has 5 nitrogen and oxygen atoms in total. The number of β-amino-alcohol motifs (C(OH)–C–C–N with tert-alkyl or cyclic N) is 1. The largest absolute Gasteiger partial charge is 0.391 e. The van der Waals surface area contributed by atoms with Crippen molar-refractivity contribution in [2.24, 2.45) is 5.92 Å². The lowest BCUT2D eigenvalue weighted by molar-refractivity contribution is -0.123. The number of anilines is 2. The summed E-state index contributed by atoms with van der Waals surface area (Å²) < 4.78 is 0.827. The molecule has 3 atom stereocenters. The van der Waals surface area contributed by atoms with Crippen molar-refractivity contribution >= 4 is 33.2 Å². The molecule has 2 heterocycles. The molecule has 0 aliphatic carbocycles. The predicted molar refractivity (Wildman–Crippen MR) is 79.7 cm³/mol. The molecule has 2 aliphatic rings. The average Bonchev–Trinajstić information content (AvgIpc) is 2.68.